The molecule has 0 aliphatic carbocycles. The Labute approximate surface area is 162 Å². The molecule has 5 nitrogen and oxygen atoms in total. The second-order valence-corrected chi connectivity index (χ2v) is 8.15. The summed E-state index contributed by atoms with van der Waals surface area (Å²) >= 11 is 1.48. The number of aromatic nitrogens is 1. The molecule has 1 aliphatic heterocycles. The maximum Gasteiger partial charge on any atom is 0.255 e. The van der Waals surface area contributed by atoms with E-state index in [1.54, 1.807) is 12.1 Å². The number of hydrogen-bond acceptors (Lipinski definition) is 3. The Morgan fingerprint density at radius 3 is 2.89 bits per heavy atom. The second kappa shape index (κ2) is 7.12. The summed E-state index contributed by atoms with van der Waals surface area (Å²) in [5.74, 6) is 0.752. The van der Waals surface area contributed by atoms with E-state index < -0.39 is 0 Å². The van der Waals surface area contributed by atoms with E-state index in [0.717, 1.165) is 28.0 Å². The Morgan fingerprint density at radius 2 is 2.07 bits per heavy atom. The van der Waals surface area contributed by atoms with Gasteiger partial charge in [0.2, 0.25) is 5.91 Å². The first-order valence-electron chi connectivity index (χ1n) is 8.96. The van der Waals surface area contributed by atoms with Gasteiger partial charge < -0.3 is 15.2 Å². The smallest absolute Gasteiger partial charge is 0.255 e. The highest BCUT2D eigenvalue weighted by molar-refractivity contribution is 8.00. The fourth-order valence-electron chi connectivity index (χ4n) is 3.26. The maximum atomic E-state index is 12.6. The average molecular weight is 379 g/mol. The summed E-state index contributed by atoms with van der Waals surface area (Å²) in [6, 6.07) is 13.4. The van der Waals surface area contributed by atoms with E-state index in [1.165, 1.54) is 11.8 Å². The van der Waals surface area contributed by atoms with Gasteiger partial charge in [0.1, 0.15) is 0 Å². The van der Waals surface area contributed by atoms with E-state index in [9.17, 15) is 9.59 Å². The third-order valence-electron chi connectivity index (χ3n) is 4.47. The van der Waals surface area contributed by atoms with E-state index in [2.05, 4.69) is 41.3 Å². The monoisotopic (exact) mass is 379 g/mol. The molecule has 27 heavy (non-hydrogen) atoms. The molecule has 2 amide bonds. The number of thioether (sulfide) groups is 1. The Hall–Kier alpha value is -2.73. The van der Waals surface area contributed by atoms with Crippen LogP contribution in [0.25, 0.3) is 10.9 Å². The molecular weight excluding hydrogens is 358 g/mol. The number of rotatable bonds is 4. The summed E-state index contributed by atoms with van der Waals surface area (Å²) in [5.41, 5.74) is 3.14. The molecule has 1 aromatic heterocycles. The third kappa shape index (κ3) is 3.71. The van der Waals surface area contributed by atoms with Crippen molar-refractivity contribution in [3.63, 3.8) is 0 Å². The van der Waals surface area contributed by atoms with Gasteiger partial charge in [-0.3, -0.25) is 9.59 Å². The first-order valence-corrected chi connectivity index (χ1v) is 9.95. The van der Waals surface area contributed by atoms with Gasteiger partial charge in [-0.15, -0.1) is 11.8 Å². The number of benzene rings is 2. The molecular formula is C21H21N3O2S. The van der Waals surface area contributed by atoms with E-state index in [-0.39, 0.29) is 11.8 Å². The van der Waals surface area contributed by atoms with Gasteiger partial charge >= 0.3 is 0 Å². The number of carbonyl (C=O) groups excluding carboxylic acids is 2. The van der Waals surface area contributed by atoms with Crippen molar-refractivity contribution in [1.29, 1.82) is 0 Å². The summed E-state index contributed by atoms with van der Waals surface area (Å²) in [5, 5.41) is 6.87. The minimum atomic E-state index is -0.191. The van der Waals surface area contributed by atoms with E-state index in [4.69, 9.17) is 0 Å². The Morgan fingerprint density at radius 1 is 1.22 bits per heavy atom. The predicted molar refractivity (Wildman–Crippen MR) is 111 cm³/mol. The van der Waals surface area contributed by atoms with Crippen LogP contribution in [0.4, 0.5) is 11.4 Å². The summed E-state index contributed by atoms with van der Waals surface area (Å²) in [7, 11) is 0. The van der Waals surface area contributed by atoms with Crippen molar-refractivity contribution < 1.29 is 9.59 Å². The fourth-order valence-corrected chi connectivity index (χ4v) is 4.05. The van der Waals surface area contributed by atoms with Crippen molar-refractivity contribution in [2.45, 2.75) is 25.3 Å². The molecule has 3 aromatic rings. The molecule has 0 saturated heterocycles. The maximum absolute atomic E-state index is 12.6. The zero-order valence-electron chi connectivity index (χ0n) is 15.3. The van der Waals surface area contributed by atoms with Crippen LogP contribution in [0.1, 0.15) is 24.2 Å². The van der Waals surface area contributed by atoms with Crippen LogP contribution >= 0.6 is 11.8 Å². The van der Waals surface area contributed by atoms with Crippen molar-refractivity contribution >= 4 is 45.9 Å². The average Bonchev–Trinajstić information content (AvgIpc) is 3.02. The number of fused-ring (bicyclic) bond motifs is 2. The van der Waals surface area contributed by atoms with Crippen molar-refractivity contribution in [3.05, 3.63) is 54.2 Å². The molecule has 0 atom stereocenters. The molecule has 0 unspecified atom stereocenters. The summed E-state index contributed by atoms with van der Waals surface area (Å²) in [6.07, 6.45) is 2.08. The van der Waals surface area contributed by atoms with Crippen molar-refractivity contribution in [3.8, 4) is 0 Å². The van der Waals surface area contributed by atoms with Crippen LogP contribution in [0.15, 0.2) is 53.6 Å². The molecule has 0 spiro atoms. The van der Waals surface area contributed by atoms with Gasteiger partial charge in [0.25, 0.3) is 5.91 Å². The first-order chi connectivity index (χ1) is 13.0. The number of nitrogens with zero attached hydrogens (tertiary/aromatic N) is 1. The first kappa shape index (κ1) is 17.7. The van der Waals surface area contributed by atoms with E-state index in [0.29, 0.717) is 22.9 Å². The quantitative estimate of drug-likeness (QED) is 0.697. The number of anilines is 2. The normalized spacial score (nSPS) is 13.5. The fraction of sp³-hybridized carbons (Fsp3) is 0.238. The molecule has 0 radical (unpaired) electrons. The molecule has 0 bridgehead atoms. The molecule has 0 saturated carbocycles. The molecule has 2 heterocycles. The third-order valence-corrected chi connectivity index (χ3v) is 5.54. The lowest BCUT2D eigenvalue weighted by molar-refractivity contribution is -0.113. The summed E-state index contributed by atoms with van der Waals surface area (Å²) < 4.78 is 2.23. The van der Waals surface area contributed by atoms with Crippen molar-refractivity contribution in [2.24, 2.45) is 5.92 Å². The molecule has 2 aromatic carbocycles. The van der Waals surface area contributed by atoms with Crippen LogP contribution in [0.5, 0.6) is 0 Å². The molecule has 0 fully saturated rings. The highest BCUT2D eigenvalue weighted by atomic mass is 32.2. The van der Waals surface area contributed by atoms with E-state index >= 15 is 0 Å². The molecule has 2 N–H and O–H groups in total. The molecule has 1 aliphatic rings. The van der Waals surface area contributed by atoms with Crippen molar-refractivity contribution in [1.82, 2.24) is 4.57 Å². The number of amides is 2. The van der Waals surface area contributed by atoms with Gasteiger partial charge in [0, 0.05) is 39.8 Å². The zero-order valence-corrected chi connectivity index (χ0v) is 16.1. The Bertz CT molecular complexity index is 1040. The second-order valence-electron chi connectivity index (χ2n) is 7.14. The van der Waals surface area contributed by atoms with Gasteiger partial charge in [-0.2, -0.15) is 0 Å². The molecule has 6 heteroatoms. The van der Waals surface area contributed by atoms with Crippen molar-refractivity contribution in [2.75, 3.05) is 16.4 Å². The largest absolute Gasteiger partial charge is 0.347 e. The van der Waals surface area contributed by atoms with Crippen LogP contribution in [0.3, 0.4) is 0 Å². The van der Waals surface area contributed by atoms with Crippen LogP contribution in [-0.4, -0.2) is 22.1 Å². The lowest BCUT2D eigenvalue weighted by Gasteiger charge is -2.17. The van der Waals surface area contributed by atoms with Crippen LogP contribution in [-0.2, 0) is 11.3 Å². The minimum Gasteiger partial charge on any atom is -0.347 e. The SMILES string of the molecule is CC(C)Cn1ccc2cc(NC(=O)c3ccc4c(c3)NC(=O)CS4)ccc21. The van der Waals surface area contributed by atoms with Gasteiger partial charge in [0.05, 0.1) is 11.4 Å². The van der Waals surface area contributed by atoms with Gasteiger partial charge in [-0.1, -0.05) is 13.8 Å². The van der Waals surface area contributed by atoms with Gasteiger partial charge in [-0.05, 0) is 48.4 Å². The number of nitrogens with one attached hydrogen (secondary N) is 2. The summed E-state index contributed by atoms with van der Waals surface area (Å²) in [6.45, 7) is 5.36. The summed E-state index contributed by atoms with van der Waals surface area (Å²) in [4.78, 5) is 25.2. The molecule has 138 valence electrons. The van der Waals surface area contributed by atoms with Crippen LogP contribution < -0.4 is 10.6 Å². The molecule has 4 rings (SSSR count). The Balaban J connectivity index is 1.54. The highest BCUT2D eigenvalue weighted by Crippen LogP contribution is 2.32. The topological polar surface area (TPSA) is 63.1 Å². The lowest BCUT2D eigenvalue weighted by atomic mass is 10.1. The van der Waals surface area contributed by atoms with Crippen LogP contribution in [0.2, 0.25) is 0 Å². The van der Waals surface area contributed by atoms with E-state index in [1.807, 2.05) is 24.3 Å². The van der Waals surface area contributed by atoms with Crippen LogP contribution in [0, 0.1) is 5.92 Å². The minimum absolute atomic E-state index is 0.0404. The Kier molecular flexibility index (Phi) is 4.66. The lowest BCUT2D eigenvalue weighted by Crippen LogP contribution is -2.19. The number of carbonyl (C=O) groups is 2. The predicted octanol–water partition coefficient (Wildman–Crippen LogP) is 4.59. The highest BCUT2D eigenvalue weighted by Gasteiger charge is 2.17. The zero-order chi connectivity index (χ0) is 19.0. The van der Waals surface area contributed by atoms with Gasteiger partial charge in [0.15, 0.2) is 0 Å². The standard InChI is InChI=1S/C21H21N3O2S/c1-13(2)11-24-8-7-14-9-16(4-5-18(14)24)22-21(26)15-3-6-19-17(10-15)23-20(25)12-27-19/h3-10,13H,11-12H2,1-2H3,(H,22,26)(H,23,25). The van der Waals surface area contributed by atoms with Gasteiger partial charge in [-0.25, -0.2) is 0 Å². The number of hydrogen-bond donors (Lipinski definition) is 2.